The fraction of sp³-hybridized carbons (Fsp3) is 1.00. The Morgan fingerprint density at radius 1 is 1.29 bits per heavy atom. The van der Waals surface area contributed by atoms with Crippen molar-refractivity contribution in [3.63, 3.8) is 0 Å². The van der Waals surface area contributed by atoms with Gasteiger partial charge in [0.1, 0.15) is 0 Å². The second kappa shape index (κ2) is 5.10. The molecule has 1 aliphatic carbocycles. The number of nitrogens with one attached hydrogen (secondary N) is 1. The van der Waals surface area contributed by atoms with Crippen LogP contribution in [0.4, 0.5) is 0 Å². The van der Waals surface area contributed by atoms with Crippen LogP contribution in [0.1, 0.15) is 39.5 Å². The van der Waals surface area contributed by atoms with Gasteiger partial charge in [0.2, 0.25) is 0 Å². The van der Waals surface area contributed by atoms with Crippen LogP contribution in [0.3, 0.4) is 0 Å². The quantitative estimate of drug-likeness (QED) is 0.633. The Morgan fingerprint density at radius 3 is 2.50 bits per heavy atom. The summed E-state index contributed by atoms with van der Waals surface area (Å²) in [6.07, 6.45) is 4.12. The van der Waals surface area contributed by atoms with Gasteiger partial charge in [-0.05, 0) is 12.8 Å². The monoisotopic (exact) mass is 201 g/mol. The van der Waals surface area contributed by atoms with E-state index in [1.165, 1.54) is 6.42 Å². The van der Waals surface area contributed by atoms with Crippen molar-refractivity contribution in [3.8, 4) is 0 Å². The molecule has 1 aliphatic rings. The van der Waals surface area contributed by atoms with Crippen molar-refractivity contribution in [2.45, 2.75) is 51.7 Å². The molecule has 0 aromatic heterocycles. The minimum Gasteiger partial charge on any atom is -0.396 e. The van der Waals surface area contributed by atoms with Crippen LogP contribution in [0.25, 0.3) is 0 Å². The minimum atomic E-state index is -0.196. The van der Waals surface area contributed by atoms with Gasteiger partial charge in [-0.25, -0.2) is 0 Å². The topological polar surface area (TPSA) is 52.5 Å². The number of aliphatic hydroxyl groups is 2. The van der Waals surface area contributed by atoms with Gasteiger partial charge in [-0.2, -0.15) is 0 Å². The zero-order valence-electron chi connectivity index (χ0n) is 9.29. The van der Waals surface area contributed by atoms with Gasteiger partial charge >= 0.3 is 0 Å². The fourth-order valence-corrected chi connectivity index (χ4v) is 1.81. The molecule has 1 saturated carbocycles. The molecule has 0 aromatic carbocycles. The highest BCUT2D eigenvalue weighted by atomic mass is 16.3. The van der Waals surface area contributed by atoms with Gasteiger partial charge in [-0.15, -0.1) is 0 Å². The third-order valence-electron chi connectivity index (χ3n) is 3.00. The van der Waals surface area contributed by atoms with Crippen LogP contribution in [0.2, 0.25) is 0 Å². The van der Waals surface area contributed by atoms with Gasteiger partial charge in [0.05, 0.1) is 6.10 Å². The van der Waals surface area contributed by atoms with E-state index < -0.39 is 0 Å². The minimum absolute atomic E-state index is 0.0861. The molecule has 0 unspecified atom stereocenters. The van der Waals surface area contributed by atoms with E-state index in [4.69, 9.17) is 5.11 Å². The molecule has 0 aliphatic heterocycles. The molecule has 3 heteroatoms. The van der Waals surface area contributed by atoms with Gasteiger partial charge in [0, 0.05) is 24.6 Å². The van der Waals surface area contributed by atoms with Crippen LogP contribution >= 0.6 is 0 Å². The molecule has 0 amide bonds. The standard InChI is InChI=1S/C11H23NO2/c1-11(2,8-13)7-12-9-5-3-4-6-10(9)14/h9-10,12-14H,3-8H2,1-2H3/t9-,10-/m1/s1. The number of rotatable bonds is 4. The van der Waals surface area contributed by atoms with Crippen LogP contribution in [0.5, 0.6) is 0 Å². The molecular weight excluding hydrogens is 178 g/mol. The van der Waals surface area contributed by atoms with E-state index in [0.717, 1.165) is 25.8 Å². The molecule has 0 aromatic rings. The van der Waals surface area contributed by atoms with Gasteiger partial charge in [0.15, 0.2) is 0 Å². The lowest BCUT2D eigenvalue weighted by Crippen LogP contribution is -2.46. The smallest absolute Gasteiger partial charge is 0.0693 e. The lowest BCUT2D eigenvalue weighted by atomic mass is 9.90. The van der Waals surface area contributed by atoms with Crippen LogP contribution in [0.15, 0.2) is 0 Å². The maximum absolute atomic E-state index is 9.71. The number of aliphatic hydroxyl groups excluding tert-OH is 2. The summed E-state index contributed by atoms with van der Waals surface area (Å²) in [7, 11) is 0. The molecule has 2 atom stereocenters. The highest BCUT2D eigenvalue weighted by molar-refractivity contribution is 4.82. The molecule has 0 radical (unpaired) electrons. The first-order valence-corrected chi connectivity index (χ1v) is 5.57. The Balaban J connectivity index is 2.29. The molecule has 3 nitrogen and oxygen atoms in total. The van der Waals surface area contributed by atoms with Crippen molar-refractivity contribution in [3.05, 3.63) is 0 Å². The molecule has 0 spiro atoms. The zero-order chi connectivity index (χ0) is 10.6. The van der Waals surface area contributed by atoms with Gasteiger partial charge in [0.25, 0.3) is 0 Å². The summed E-state index contributed by atoms with van der Waals surface area (Å²) in [5, 5.41) is 22.2. The van der Waals surface area contributed by atoms with Crippen molar-refractivity contribution in [2.24, 2.45) is 5.41 Å². The molecule has 14 heavy (non-hydrogen) atoms. The number of hydrogen-bond donors (Lipinski definition) is 3. The summed E-state index contributed by atoms with van der Waals surface area (Å²) < 4.78 is 0. The third-order valence-corrected chi connectivity index (χ3v) is 3.00. The average molecular weight is 201 g/mol. The fourth-order valence-electron chi connectivity index (χ4n) is 1.81. The van der Waals surface area contributed by atoms with Crippen molar-refractivity contribution < 1.29 is 10.2 Å². The average Bonchev–Trinajstić information content (AvgIpc) is 2.17. The van der Waals surface area contributed by atoms with Crippen LogP contribution in [-0.4, -0.2) is 35.5 Å². The summed E-state index contributed by atoms with van der Waals surface area (Å²) >= 11 is 0. The predicted molar refractivity (Wildman–Crippen MR) is 57.1 cm³/mol. The predicted octanol–water partition coefficient (Wildman–Crippen LogP) is 0.898. The summed E-state index contributed by atoms with van der Waals surface area (Å²) in [5.41, 5.74) is -0.0861. The molecule has 3 N–H and O–H groups in total. The van der Waals surface area contributed by atoms with E-state index >= 15 is 0 Å². The molecule has 84 valence electrons. The molecule has 0 bridgehead atoms. The first kappa shape index (κ1) is 12.0. The second-order valence-corrected chi connectivity index (χ2v) is 5.16. The van der Waals surface area contributed by atoms with Gasteiger partial charge in [-0.3, -0.25) is 0 Å². The van der Waals surface area contributed by atoms with E-state index in [9.17, 15) is 5.11 Å². The molecular formula is C11H23NO2. The summed E-state index contributed by atoms with van der Waals surface area (Å²) in [6.45, 7) is 5.00. The summed E-state index contributed by atoms with van der Waals surface area (Å²) in [4.78, 5) is 0. The maximum Gasteiger partial charge on any atom is 0.0693 e. The van der Waals surface area contributed by atoms with Crippen molar-refractivity contribution in [1.82, 2.24) is 5.32 Å². The molecule has 0 saturated heterocycles. The second-order valence-electron chi connectivity index (χ2n) is 5.16. The van der Waals surface area contributed by atoms with Crippen LogP contribution in [0, 0.1) is 5.41 Å². The Hall–Kier alpha value is -0.120. The number of hydrogen-bond acceptors (Lipinski definition) is 3. The first-order valence-electron chi connectivity index (χ1n) is 5.57. The third kappa shape index (κ3) is 3.56. The highest BCUT2D eigenvalue weighted by Gasteiger charge is 2.25. The van der Waals surface area contributed by atoms with E-state index in [2.05, 4.69) is 5.32 Å². The Kier molecular flexibility index (Phi) is 4.35. The normalized spacial score (nSPS) is 29.1. The van der Waals surface area contributed by atoms with Crippen LogP contribution in [-0.2, 0) is 0 Å². The lowest BCUT2D eigenvalue weighted by molar-refractivity contribution is 0.0776. The Bertz CT molecular complexity index is 171. The largest absolute Gasteiger partial charge is 0.396 e. The van der Waals surface area contributed by atoms with E-state index in [0.29, 0.717) is 0 Å². The van der Waals surface area contributed by atoms with Gasteiger partial charge in [-0.1, -0.05) is 26.7 Å². The van der Waals surface area contributed by atoms with Gasteiger partial charge < -0.3 is 15.5 Å². The lowest BCUT2D eigenvalue weighted by Gasteiger charge is -2.32. The zero-order valence-corrected chi connectivity index (χ0v) is 9.29. The maximum atomic E-state index is 9.71. The van der Waals surface area contributed by atoms with Crippen molar-refractivity contribution >= 4 is 0 Å². The SMILES string of the molecule is CC(C)(CO)CN[C@@H]1CCCC[C@H]1O. The summed E-state index contributed by atoms with van der Waals surface area (Å²) in [6, 6.07) is 0.231. The van der Waals surface area contributed by atoms with E-state index in [1.54, 1.807) is 0 Å². The molecule has 0 heterocycles. The Labute approximate surface area is 86.5 Å². The molecule has 1 rings (SSSR count). The van der Waals surface area contributed by atoms with Crippen molar-refractivity contribution in [1.29, 1.82) is 0 Å². The Morgan fingerprint density at radius 2 is 1.93 bits per heavy atom. The highest BCUT2D eigenvalue weighted by Crippen LogP contribution is 2.20. The molecule has 1 fully saturated rings. The van der Waals surface area contributed by atoms with E-state index in [-0.39, 0.29) is 24.2 Å². The van der Waals surface area contributed by atoms with E-state index in [1.807, 2.05) is 13.8 Å². The van der Waals surface area contributed by atoms with Crippen LogP contribution < -0.4 is 5.32 Å². The summed E-state index contributed by atoms with van der Waals surface area (Å²) in [5.74, 6) is 0. The first-order chi connectivity index (χ1) is 6.55. The van der Waals surface area contributed by atoms with Crippen molar-refractivity contribution in [2.75, 3.05) is 13.2 Å².